The number of nitrogens with one attached hydrogen (secondary N) is 2. The minimum Gasteiger partial charge on any atom is -0.507 e. The largest absolute Gasteiger partial charge is 0.507 e. The van der Waals surface area contributed by atoms with E-state index in [1.54, 1.807) is 25.1 Å². The molecular formula is C22H27IN2O6. The molecule has 8 nitrogen and oxygen atoms in total. The Morgan fingerprint density at radius 1 is 1.10 bits per heavy atom. The maximum absolute atomic E-state index is 12.8. The lowest BCUT2D eigenvalue weighted by atomic mass is 10.0. The van der Waals surface area contributed by atoms with Crippen LogP contribution in [0.3, 0.4) is 0 Å². The molecule has 9 heteroatoms. The van der Waals surface area contributed by atoms with Gasteiger partial charge in [-0.1, -0.05) is 36.4 Å². The number of methoxy groups -OCH3 is 2. The summed E-state index contributed by atoms with van der Waals surface area (Å²) in [4.78, 5) is 25.2. The van der Waals surface area contributed by atoms with Crippen molar-refractivity contribution in [1.29, 1.82) is 0 Å². The first-order chi connectivity index (χ1) is 14.8. The van der Waals surface area contributed by atoms with Crippen LogP contribution in [0.2, 0.25) is 0 Å². The van der Waals surface area contributed by atoms with Gasteiger partial charge in [-0.15, -0.1) is 0 Å². The highest BCUT2D eigenvalue weighted by Crippen LogP contribution is 2.21. The van der Waals surface area contributed by atoms with Gasteiger partial charge in [0.25, 0.3) is 0 Å². The van der Waals surface area contributed by atoms with Crippen molar-refractivity contribution < 1.29 is 28.9 Å². The van der Waals surface area contributed by atoms with Crippen LogP contribution in [-0.2, 0) is 32.0 Å². The number of hydrogen-bond acceptors (Lipinski definition) is 6. The van der Waals surface area contributed by atoms with Crippen LogP contribution >= 0.6 is 22.6 Å². The van der Waals surface area contributed by atoms with Crippen LogP contribution in [-0.4, -0.2) is 49.7 Å². The van der Waals surface area contributed by atoms with Crippen molar-refractivity contribution in [3.05, 3.63) is 63.2 Å². The summed E-state index contributed by atoms with van der Waals surface area (Å²) < 4.78 is 16.4. The molecule has 0 aliphatic carbocycles. The van der Waals surface area contributed by atoms with Crippen LogP contribution in [0.25, 0.3) is 0 Å². The summed E-state index contributed by atoms with van der Waals surface area (Å²) in [5.41, 5.74) is 1.61. The van der Waals surface area contributed by atoms with E-state index in [4.69, 9.17) is 14.2 Å². The lowest BCUT2D eigenvalue weighted by Gasteiger charge is -2.27. The summed E-state index contributed by atoms with van der Waals surface area (Å²) in [5, 5.41) is 15.1. The minimum atomic E-state index is -0.998. The molecule has 0 aromatic heterocycles. The summed E-state index contributed by atoms with van der Waals surface area (Å²) in [7, 11) is 2.95. The number of ether oxygens (including phenoxy) is 3. The zero-order valence-electron chi connectivity index (χ0n) is 17.7. The van der Waals surface area contributed by atoms with Gasteiger partial charge >= 0.3 is 6.09 Å². The van der Waals surface area contributed by atoms with Gasteiger partial charge in [0, 0.05) is 20.6 Å². The second kappa shape index (κ2) is 11.9. The third kappa shape index (κ3) is 8.00. The van der Waals surface area contributed by atoms with Gasteiger partial charge in [0.15, 0.2) is 5.79 Å². The Hall–Kier alpha value is -2.37. The molecule has 31 heavy (non-hydrogen) atoms. The van der Waals surface area contributed by atoms with Crippen molar-refractivity contribution in [3.63, 3.8) is 0 Å². The lowest BCUT2D eigenvalue weighted by molar-refractivity contribution is -0.190. The first-order valence-electron chi connectivity index (χ1n) is 9.59. The predicted octanol–water partition coefficient (Wildman–Crippen LogP) is 2.96. The Bertz CT molecular complexity index is 874. The smallest absolute Gasteiger partial charge is 0.408 e. The molecule has 2 rings (SSSR count). The van der Waals surface area contributed by atoms with Crippen LogP contribution in [0, 0.1) is 3.57 Å². The van der Waals surface area contributed by atoms with E-state index in [0.29, 0.717) is 3.57 Å². The van der Waals surface area contributed by atoms with E-state index in [2.05, 4.69) is 10.6 Å². The number of amides is 2. The molecule has 2 aromatic rings. The third-order valence-corrected chi connectivity index (χ3v) is 5.58. The molecular weight excluding hydrogens is 515 g/mol. The standard InChI is InChI=1S/C22H27IN2O6/c1-22(29-2,30-3)14-24-20(27)18(12-16-9-10-19(26)17(23)11-16)25-21(28)31-13-15-7-5-4-6-8-15/h4-11,18,26H,12-14H2,1-3H3,(H,24,27)(H,25,28)/t18-/m0/s1. The van der Waals surface area contributed by atoms with Gasteiger partial charge in [-0.05, 0) is 52.8 Å². The number of halogens is 1. The zero-order valence-corrected chi connectivity index (χ0v) is 19.8. The fourth-order valence-electron chi connectivity index (χ4n) is 2.63. The van der Waals surface area contributed by atoms with Gasteiger partial charge in [-0.2, -0.15) is 0 Å². The Labute approximate surface area is 195 Å². The minimum absolute atomic E-state index is 0.0865. The fraction of sp³-hybridized carbons (Fsp3) is 0.364. The molecule has 0 aliphatic rings. The average Bonchev–Trinajstić information content (AvgIpc) is 2.78. The summed E-state index contributed by atoms with van der Waals surface area (Å²) in [6.45, 7) is 1.86. The summed E-state index contributed by atoms with van der Waals surface area (Å²) in [5.74, 6) is -1.27. The van der Waals surface area contributed by atoms with Gasteiger partial charge in [0.1, 0.15) is 18.4 Å². The van der Waals surface area contributed by atoms with Gasteiger partial charge in [-0.25, -0.2) is 4.79 Å². The Morgan fingerprint density at radius 2 is 1.77 bits per heavy atom. The van der Waals surface area contributed by atoms with E-state index in [1.165, 1.54) is 14.2 Å². The van der Waals surface area contributed by atoms with E-state index in [9.17, 15) is 14.7 Å². The SMILES string of the molecule is COC(C)(CNC(=O)[C@H](Cc1ccc(O)c(I)c1)NC(=O)OCc1ccccc1)OC. The predicted molar refractivity (Wildman–Crippen MR) is 124 cm³/mol. The van der Waals surface area contributed by atoms with Gasteiger partial charge in [0.05, 0.1) is 10.1 Å². The topological polar surface area (TPSA) is 106 Å². The normalized spacial score (nSPS) is 12.1. The Balaban J connectivity index is 2.07. The highest BCUT2D eigenvalue weighted by molar-refractivity contribution is 14.1. The van der Waals surface area contributed by atoms with Gasteiger partial charge in [0.2, 0.25) is 5.91 Å². The summed E-state index contributed by atoms with van der Waals surface area (Å²) in [6.07, 6.45) is -0.502. The third-order valence-electron chi connectivity index (χ3n) is 4.72. The fourth-order valence-corrected chi connectivity index (χ4v) is 3.21. The molecule has 1 atom stereocenters. The number of hydrogen-bond donors (Lipinski definition) is 3. The quantitative estimate of drug-likeness (QED) is 0.315. The number of benzene rings is 2. The number of phenols is 1. The summed E-state index contributed by atoms with van der Waals surface area (Å²) >= 11 is 2.00. The van der Waals surface area contributed by atoms with E-state index in [-0.39, 0.29) is 25.3 Å². The zero-order chi connectivity index (χ0) is 22.9. The number of carbonyl (C=O) groups excluding carboxylic acids is 2. The number of alkyl carbamates (subject to hydrolysis) is 1. The number of carbonyl (C=O) groups is 2. The molecule has 0 radical (unpaired) electrons. The maximum Gasteiger partial charge on any atom is 0.408 e. The molecule has 2 amide bonds. The first-order valence-corrected chi connectivity index (χ1v) is 10.7. The molecule has 0 fully saturated rings. The number of rotatable bonds is 10. The van der Waals surface area contributed by atoms with Crippen molar-refractivity contribution in [2.24, 2.45) is 0 Å². The van der Waals surface area contributed by atoms with E-state index >= 15 is 0 Å². The highest BCUT2D eigenvalue weighted by atomic mass is 127. The van der Waals surface area contributed by atoms with E-state index in [0.717, 1.165) is 11.1 Å². The van der Waals surface area contributed by atoms with E-state index < -0.39 is 23.8 Å². The van der Waals surface area contributed by atoms with Crippen LogP contribution in [0.4, 0.5) is 4.79 Å². The average molecular weight is 542 g/mol. The van der Waals surface area contributed by atoms with Crippen molar-refractivity contribution in [2.45, 2.75) is 31.8 Å². The molecule has 0 saturated heterocycles. The van der Waals surface area contributed by atoms with E-state index in [1.807, 2.05) is 52.9 Å². The summed E-state index contributed by atoms with van der Waals surface area (Å²) in [6, 6.07) is 13.3. The molecule has 0 bridgehead atoms. The lowest BCUT2D eigenvalue weighted by Crippen LogP contribution is -2.52. The van der Waals surface area contributed by atoms with Crippen LogP contribution < -0.4 is 10.6 Å². The second-order valence-electron chi connectivity index (χ2n) is 7.01. The second-order valence-corrected chi connectivity index (χ2v) is 8.17. The van der Waals surface area contributed by atoms with Crippen LogP contribution in [0.15, 0.2) is 48.5 Å². The molecule has 0 aliphatic heterocycles. The molecule has 0 heterocycles. The van der Waals surface area contributed by atoms with Crippen molar-refractivity contribution in [3.8, 4) is 5.75 Å². The van der Waals surface area contributed by atoms with Crippen LogP contribution in [0.5, 0.6) is 5.75 Å². The van der Waals surface area contributed by atoms with Crippen molar-refractivity contribution >= 4 is 34.6 Å². The first kappa shape index (κ1) is 24.9. The molecule has 0 saturated carbocycles. The molecule has 3 N–H and O–H groups in total. The number of aromatic hydroxyl groups is 1. The van der Waals surface area contributed by atoms with Gasteiger partial charge < -0.3 is 30.0 Å². The van der Waals surface area contributed by atoms with Crippen molar-refractivity contribution in [2.75, 3.05) is 20.8 Å². The van der Waals surface area contributed by atoms with Crippen molar-refractivity contribution in [1.82, 2.24) is 10.6 Å². The van der Waals surface area contributed by atoms with Gasteiger partial charge in [-0.3, -0.25) is 4.79 Å². The maximum atomic E-state index is 12.8. The van der Waals surface area contributed by atoms with Crippen LogP contribution in [0.1, 0.15) is 18.1 Å². The monoisotopic (exact) mass is 542 g/mol. The Kier molecular flexibility index (Phi) is 9.53. The Morgan fingerprint density at radius 3 is 2.39 bits per heavy atom. The molecule has 0 unspecified atom stereocenters. The molecule has 2 aromatic carbocycles. The molecule has 168 valence electrons. The highest BCUT2D eigenvalue weighted by Gasteiger charge is 2.27. The number of phenolic OH excluding ortho intramolecular Hbond substituents is 1. The molecule has 0 spiro atoms.